The van der Waals surface area contributed by atoms with Crippen LogP contribution in [0.4, 0.5) is 18.9 Å². The molecule has 7 heteroatoms. The molecule has 0 radical (unpaired) electrons. The summed E-state index contributed by atoms with van der Waals surface area (Å²) in [6.45, 7) is 0. The molecule has 108 valence electrons. The van der Waals surface area contributed by atoms with Crippen LogP contribution in [0.5, 0.6) is 0 Å². The number of carbonyl (C=O) groups is 2. The molecule has 0 spiro atoms. The topological polar surface area (TPSA) is 66.4 Å². The number of carboxylic acids is 1. The molecule has 4 nitrogen and oxygen atoms in total. The fourth-order valence-corrected chi connectivity index (χ4v) is 2.33. The first-order chi connectivity index (χ1) is 9.38. The molecule has 1 amide bonds. The second-order valence-corrected chi connectivity index (χ2v) is 4.78. The number of aliphatic carboxylic acids is 1. The predicted molar refractivity (Wildman–Crippen MR) is 63.4 cm³/mol. The van der Waals surface area contributed by atoms with E-state index in [4.69, 9.17) is 5.11 Å². The molecule has 20 heavy (non-hydrogen) atoms. The van der Waals surface area contributed by atoms with Gasteiger partial charge >= 0.3 is 5.97 Å². The minimum absolute atomic E-state index is 0.131. The van der Waals surface area contributed by atoms with E-state index < -0.39 is 46.9 Å². The van der Waals surface area contributed by atoms with E-state index >= 15 is 0 Å². The van der Waals surface area contributed by atoms with E-state index in [0.717, 1.165) is 0 Å². The monoisotopic (exact) mass is 287 g/mol. The third-order valence-corrected chi connectivity index (χ3v) is 3.41. The fraction of sp³-hybridized carbons (Fsp3) is 0.385. The third kappa shape index (κ3) is 2.92. The smallest absolute Gasteiger partial charge is 0.306 e. The van der Waals surface area contributed by atoms with Gasteiger partial charge < -0.3 is 10.4 Å². The summed E-state index contributed by atoms with van der Waals surface area (Å²) in [5.74, 6) is -6.36. The highest BCUT2D eigenvalue weighted by Gasteiger charge is 2.34. The van der Waals surface area contributed by atoms with Crippen LogP contribution < -0.4 is 5.32 Å². The average Bonchev–Trinajstić information content (AvgIpc) is 2.83. The van der Waals surface area contributed by atoms with E-state index in [9.17, 15) is 22.8 Å². The Morgan fingerprint density at radius 1 is 1.10 bits per heavy atom. The van der Waals surface area contributed by atoms with E-state index in [2.05, 4.69) is 5.32 Å². The SMILES string of the molecule is O=C(O)C1CCC(C(=O)Nc2c(F)cc(F)cc2F)C1. The van der Waals surface area contributed by atoms with Gasteiger partial charge in [-0.25, -0.2) is 13.2 Å². The average molecular weight is 287 g/mol. The Hall–Kier alpha value is -2.05. The van der Waals surface area contributed by atoms with Gasteiger partial charge in [-0.05, 0) is 19.3 Å². The molecule has 2 rings (SSSR count). The first kappa shape index (κ1) is 14.4. The lowest BCUT2D eigenvalue weighted by Crippen LogP contribution is -2.23. The zero-order valence-corrected chi connectivity index (χ0v) is 10.3. The highest BCUT2D eigenvalue weighted by molar-refractivity contribution is 5.93. The first-order valence-corrected chi connectivity index (χ1v) is 6.06. The van der Waals surface area contributed by atoms with Gasteiger partial charge in [-0.15, -0.1) is 0 Å². The van der Waals surface area contributed by atoms with Crippen LogP contribution in [0.1, 0.15) is 19.3 Å². The van der Waals surface area contributed by atoms with Crippen molar-refractivity contribution in [2.75, 3.05) is 5.32 Å². The van der Waals surface area contributed by atoms with E-state index in [1.165, 1.54) is 0 Å². The molecule has 2 N–H and O–H groups in total. The molecule has 2 unspecified atom stereocenters. The molecular formula is C13H12F3NO3. The van der Waals surface area contributed by atoms with Crippen molar-refractivity contribution in [1.82, 2.24) is 0 Å². The fourth-order valence-electron chi connectivity index (χ4n) is 2.33. The number of halogens is 3. The lowest BCUT2D eigenvalue weighted by molar-refractivity contribution is -0.141. The number of hydrogen-bond acceptors (Lipinski definition) is 2. The van der Waals surface area contributed by atoms with Crippen LogP contribution >= 0.6 is 0 Å². The summed E-state index contributed by atoms with van der Waals surface area (Å²) >= 11 is 0. The highest BCUT2D eigenvalue weighted by Crippen LogP contribution is 2.32. The van der Waals surface area contributed by atoms with Crippen LogP contribution in [-0.2, 0) is 9.59 Å². The summed E-state index contributed by atoms with van der Waals surface area (Å²) in [5, 5.41) is 10.9. The summed E-state index contributed by atoms with van der Waals surface area (Å²) in [5.41, 5.74) is -0.713. The van der Waals surface area contributed by atoms with E-state index in [-0.39, 0.29) is 6.42 Å². The molecule has 0 aromatic heterocycles. The van der Waals surface area contributed by atoms with Crippen molar-refractivity contribution in [1.29, 1.82) is 0 Å². The number of hydrogen-bond donors (Lipinski definition) is 2. The van der Waals surface area contributed by atoms with Crippen molar-refractivity contribution in [2.45, 2.75) is 19.3 Å². The van der Waals surface area contributed by atoms with Crippen molar-refractivity contribution in [3.05, 3.63) is 29.6 Å². The summed E-state index contributed by atoms with van der Waals surface area (Å²) in [6, 6.07) is 0.931. The number of carbonyl (C=O) groups excluding carboxylic acids is 1. The summed E-state index contributed by atoms with van der Waals surface area (Å²) in [7, 11) is 0. The zero-order chi connectivity index (χ0) is 14.9. The highest BCUT2D eigenvalue weighted by atomic mass is 19.1. The molecular weight excluding hydrogens is 275 g/mol. The molecule has 1 aromatic rings. The van der Waals surface area contributed by atoms with Gasteiger partial charge in [0.1, 0.15) is 11.5 Å². The van der Waals surface area contributed by atoms with Crippen LogP contribution in [-0.4, -0.2) is 17.0 Å². The zero-order valence-electron chi connectivity index (χ0n) is 10.3. The molecule has 0 bridgehead atoms. The Kier molecular flexibility index (Phi) is 3.96. The normalized spacial score (nSPS) is 21.8. The quantitative estimate of drug-likeness (QED) is 0.897. The van der Waals surface area contributed by atoms with E-state index in [0.29, 0.717) is 25.0 Å². The van der Waals surface area contributed by atoms with Crippen LogP contribution in [0.15, 0.2) is 12.1 Å². The predicted octanol–water partition coefficient (Wildman–Crippen LogP) is 2.54. The largest absolute Gasteiger partial charge is 0.481 e. The molecule has 1 aliphatic rings. The number of amides is 1. The minimum atomic E-state index is -1.20. The number of nitrogens with one attached hydrogen (secondary N) is 1. The summed E-state index contributed by atoms with van der Waals surface area (Å²) < 4.78 is 39.5. The number of benzene rings is 1. The van der Waals surface area contributed by atoms with Crippen molar-refractivity contribution >= 4 is 17.6 Å². The lowest BCUT2D eigenvalue weighted by Gasteiger charge is -2.12. The summed E-state index contributed by atoms with van der Waals surface area (Å²) in [6.07, 6.45) is 0.820. The Morgan fingerprint density at radius 3 is 2.15 bits per heavy atom. The van der Waals surface area contributed by atoms with Gasteiger partial charge in [0.15, 0.2) is 11.6 Å². The van der Waals surface area contributed by atoms with Crippen LogP contribution in [0.2, 0.25) is 0 Å². The molecule has 1 fully saturated rings. The maximum Gasteiger partial charge on any atom is 0.306 e. The van der Waals surface area contributed by atoms with Gasteiger partial charge in [-0.2, -0.15) is 0 Å². The second-order valence-electron chi connectivity index (χ2n) is 4.78. The molecule has 1 aromatic carbocycles. The van der Waals surface area contributed by atoms with Gasteiger partial charge in [0, 0.05) is 18.1 Å². The van der Waals surface area contributed by atoms with Crippen LogP contribution in [0.3, 0.4) is 0 Å². The maximum absolute atomic E-state index is 13.4. The number of rotatable bonds is 3. The first-order valence-electron chi connectivity index (χ1n) is 6.06. The van der Waals surface area contributed by atoms with E-state index in [1.807, 2.05) is 0 Å². The van der Waals surface area contributed by atoms with Gasteiger partial charge in [-0.1, -0.05) is 0 Å². The Labute approximate surface area is 112 Å². The Bertz CT molecular complexity index is 539. The minimum Gasteiger partial charge on any atom is -0.481 e. The van der Waals surface area contributed by atoms with Gasteiger partial charge in [0.25, 0.3) is 0 Å². The molecule has 1 aliphatic carbocycles. The molecule has 1 saturated carbocycles. The summed E-state index contributed by atoms with van der Waals surface area (Å²) in [4.78, 5) is 22.6. The second kappa shape index (κ2) is 5.52. The standard InChI is InChI=1S/C13H12F3NO3/c14-8-4-9(15)11(10(16)5-8)17-12(18)6-1-2-7(3-6)13(19)20/h4-7H,1-3H2,(H,17,18)(H,19,20). The number of carboxylic acid groups (broad SMARTS) is 1. The lowest BCUT2D eigenvalue weighted by atomic mass is 10.0. The molecule has 0 heterocycles. The van der Waals surface area contributed by atoms with Gasteiger partial charge in [0.05, 0.1) is 5.92 Å². The van der Waals surface area contributed by atoms with E-state index in [1.54, 1.807) is 0 Å². The Morgan fingerprint density at radius 2 is 1.65 bits per heavy atom. The van der Waals surface area contributed by atoms with Crippen molar-refractivity contribution < 1.29 is 27.9 Å². The molecule has 2 atom stereocenters. The third-order valence-electron chi connectivity index (χ3n) is 3.41. The maximum atomic E-state index is 13.4. The molecule has 0 saturated heterocycles. The molecule has 0 aliphatic heterocycles. The van der Waals surface area contributed by atoms with Gasteiger partial charge in [-0.3, -0.25) is 9.59 Å². The van der Waals surface area contributed by atoms with Crippen LogP contribution in [0.25, 0.3) is 0 Å². The van der Waals surface area contributed by atoms with Crippen LogP contribution in [0, 0.1) is 29.3 Å². The van der Waals surface area contributed by atoms with Crippen molar-refractivity contribution in [3.63, 3.8) is 0 Å². The number of anilines is 1. The van der Waals surface area contributed by atoms with Crippen molar-refractivity contribution in [2.24, 2.45) is 11.8 Å². The Balaban J connectivity index is 2.08. The van der Waals surface area contributed by atoms with Crippen molar-refractivity contribution in [3.8, 4) is 0 Å². The van der Waals surface area contributed by atoms with Gasteiger partial charge in [0.2, 0.25) is 5.91 Å².